The molecule has 0 saturated heterocycles. The first-order valence-corrected chi connectivity index (χ1v) is 8.38. The highest BCUT2D eigenvalue weighted by Gasteiger charge is 2.34. The monoisotopic (exact) mass is 384 g/mol. The molecule has 0 saturated carbocycles. The van der Waals surface area contributed by atoms with E-state index in [4.69, 9.17) is 4.74 Å². The maximum Gasteiger partial charge on any atom is 0.231 e. The number of fused-ring (bicyclic) bond motifs is 2. The van der Waals surface area contributed by atoms with Gasteiger partial charge in [-0.3, -0.25) is 4.79 Å². The van der Waals surface area contributed by atoms with E-state index in [9.17, 15) is 35.4 Å². The molecule has 1 aliphatic rings. The Balaban J connectivity index is 1.97. The number of aliphatic hydroxyl groups is 1. The van der Waals surface area contributed by atoms with Crippen molar-refractivity contribution in [3.8, 4) is 34.5 Å². The van der Waals surface area contributed by atoms with Gasteiger partial charge in [0.15, 0.2) is 23.4 Å². The molecule has 8 heteroatoms. The quantitative estimate of drug-likeness (QED) is 0.348. The average molecular weight is 384 g/mol. The Bertz CT molecular complexity index is 1170. The van der Waals surface area contributed by atoms with Crippen molar-refractivity contribution in [2.75, 3.05) is 0 Å². The van der Waals surface area contributed by atoms with Crippen molar-refractivity contribution in [3.63, 3.8) is 0 Å². The second kappa shape index (κ2) is 6.21. The molecule has 8 nitrogen and oxygen atoms in total. The first-order valence-electron chi connectivity index (χ1n) is 8.38. The van der Waals surface area contributed by atoms with Gasteiger partial charge in [-0.05, 0) is 17.5 Å². The summed E-state index contributed by atoms with van der Waals surface area (Å²) in [6.45, 7) is 0. The summed E-state index contributed by atoms with van der Waals surface area (Å²) in [7, 11) is 0. The van der Waals surface area contributed by atoms with E-state index in [1.807, 2.05) is 0 Å². The number of benzene rings is 2. The Morgan fingerprint density at radius 1 is 0.929 bits per heavy atom. The molecule has 144 valence electrons. The summed E-state index contributed by atoms with van der Waals surface area (Å²) in [6, 6.07) is 7.54. The van der Waals surface area contributed by atoms with Crippen molar-refractivity contribution in [1.29, 1.82) is 0 Å². The molecule has 4 rings (SSSR count). The largest absolute Gasteiger partial charge is 0.508 e. The highest BCUT2D eigenvalue weighted by molar-refractivity contribution is 5.93. The Hall–Kier alpha value is -3.65. The van der Waals surface area contributed by atoms with Crippen molar-refractivity contribution in [1.82, 2.24) is 0 Å². The third-order valence-electron chi connectivity index (χ3n) is 4.82. The SMILES string of the molecule is O=c1c(O)cccc2c([C@@H]3Oc4cc(O)cc(O)c4C[C@@H]3O)cc(O)c(O)c12. The van der Waals surface area contributed by atoms with Gasteiger partial charge in [-0.25, -0.2) is 0 Å². The molecule has 3 aromatic carbocycles. The average Bonchev–Trinajstić information content (AvgIpc) is 2.78. The molecule has 28 heavy (non-hydrogen) atoms. The second-order valence-electron chi connectivity index (χ2n) is 6.61. The lowest BCUT2D eigenvalue weighted by Crippen LogP contribution is -2.30. The van der Waals surface area contributed by atoms with Crippen LogP contribution in [-0.4, -0.2) is 36.7 Å². The van der Waals surface area contributed by atoms with E-state index < -0.39 is 34.9 Å². The summed E-state index contributed by atoms with van der Waals surface area (Å²) >= 11 is 0. The van der Waals surface area contributed by atoms with Crippen LogP contribution in [0.25, 0.3) is 10.8 Å². The lowest BCUT2D eigenvalue weighted by Gasteiger charge is -2.32. The number of aromatic hydroxyl groups is 5. The van der Waals surface area contributed by atoms with E-state index in [0.717, 1.165) is 18.2 Å². The van der Waals surface area contributed by atoms with Crippen LogP contribution < -0.4 is 10.2 Å². The van der Waals surface area contributed by atoms with Crippen molar-refractivity contribution in [3.05, 3.63) is 57.7 Å². The van der Waals surface area contributed by atoms with Crippen LogP contribution in [0, 0.1) is 0 Å². The lowest BCUT2D eigenvalue weighted by atomic mass is 9.91. The zero-order valence-electron chi connectivity index (χ0n) is 14.3. The maximum atomic E-state index is 12.4. The first-order chi connectivity index (χ1) is 13.3. The van der Waals surface area contributed by atoms with Crippen LogP contribution in [0.3, 0.4) is 0 Å². The van der Waals surface area contributed by atoms with Crippen LogP contribution in [0.15, 0.2) is 41.2 Å². The summed E-state index contributed by atoms with van der Waals surface area (Å²) in [4.78, 5) is 12.4. The molecule has 0 unspecified atom stereocenters. The lowest BCUT2D eigenvalue weighted by molar-refractivity contribution is 0.0205. The number of phenols is 4. The fourth-order valence-electron chi connectivity index (χ4n) is 3.51. The molecular weight excluding hydrogens is 368 g/mol. The second-order valence-corrected chi connectivity index (χ2v) is 6.61. The van der Waals surface area contributed by atoms with Crippen molar-refractivity contribution in [2.24, 2.45) is 0 Å². The van der Waals surface area contributed by atoms with Crippen molar-refractivity contribution < 1.29 is 35.4 Å². The van der Waals surface area contributed by atoms with Crippen molar-refractivity contribution in [2.45, 2.75) is 18.6 Å². The maximum absolute atomic E-state index is 12.4. The van der Waals surface area contributed by atoms with Crippen LogP contribution in [-0.2, 0) is 6.42 Å². The van der Waals surface area contributed by atoms with Crippen LogP contribution in [0.1, 0.15) is 17.2 Å². The predicted molar refractivity (Wildman–Crippen MR) is 98.1 cm³/mol. The zero-order chi connectivity index (χ0) is 20.2. The summed E-state index contributed by atoms with van der Waals surface area (Å²) in [5, 5.41) is 60.2. The zero-order valence-corrected chi connectivity index (χ0v) is 14.3. The summed E-state index contributed by atoms with van der Waals surface area (Å²) in [5.41, 5.74) is -0.392. The Morgan fingerprint density at radius 2 is 1.68 bits per heavy atom. The van der Waals surface area contributed by atoms with E-state index in [1.54, 1.807) is 0 Å². The molecule has 0 fully saturated rings. The molecule has 0 amide bonds. The third kappa shape index (κ3) is 2.62. The Labute approximate surface area is 157 Å². The van der Waals surface area contributed by atoms with Gasteiger partial charge in [0.1, 0.15) is 17.2 Å². The molecule has 0 radical (unpaired) electrons. The number of aliphatic hydroxyl groups excluding tert-OH is 1. The minimum atomic E-state index is -1.16. The normalized spacial score (nSPS) is 18.5. The fraction of sp³-hybridized carbons (Fsp3) is 0.150. The molecule has 1 heterocycles. The highest BCUT2D eigenvalue weighted by atomic mass is 16.5. The van der Waals surface area contributed by atoms with Crippen molar-refractivity contribution >= 4 is 10.8 Å². The topological polar surface area (TPSA) is 148 Å². The van der Waals surface area contributed by atoms with Gasteiger partial charge in [-0.2, -0.15) is 0 Å². The molecule has 0 spiro atoms. The molecular formula is C20H16O8. The number of rotatable bonds is 1. The van der Waals surface area contributed by atoms with Gasteiger partial charge in [0.25, 0.3) is 0 Å². The molecule has 0 bridgehead atoms. The van der Waals surface area contributed by atoms with Gasteiger partial charge in [0.2, 0.25) is 5.43 Å². The van der Waals surface area contributed by atoms with Gasteiger partial charge in [-0.15, -0.1) is 0 Å². The molecule has 0 aliphatic carbocycles. The van der Waals surface area contributed by atoms with Crippen LogP contribution in [0.5, 0.6) is 34.5 Å². The third-order valence-corrected chi connectivity index (χ3v) is 4.82. The van der Waals surface area contributed by atoms with E-state index in [2.05, 4.69) is 0 Å². The number of hydrogen-bond acceptors (Lipinski definition) is 8. The first kappa shape index (κ1) is 17.7. The van der Waals surface area contributed by atoms with Crippen LogP contribution in [0.2, 0.25) is 0 Å². The summed E-state index contributed by atoms with van der Waals surface area (Å²) in [6.07, 6.45) is -2.25. The van der Waals surface area contributed by atoms with Gasteiger partial charge >= 0.3 is 0 Å². The standard InChI is InChI=1S/C20H16O8/c21-8-4-13(23)11-7-15(25)20(28-16(11)5-8)10-6-14(24)19(27)17-9(10)2-1-3-12(22)18(17)26/h1-6,15,20-21,23-25,27H,7H2,(H,22,26)/t15-,20-/m0/s1. The van der Waals surface area contributed by atoms with Crippen LogP contribution in [0.4, 0.5) is 0 Å². The molecule has 6 N–H and O–H groups in total. The summed E-state index contributed by atoms with van der Waals surface area (Å²) < 4.78 is 5.77. The number of ether oxygens (including phenoxy) is 1. The Kier molecular flexibility index (Phi) is 3.93. The van der Waals surface area contributed by atoms with E-state index in [1.165, 1.54) is 18.2 Å². The smallest absolute Gasteiger partial charge is 0.231 e. The van der Waals surface area contributed by atoms with E-state index in [-0.39, 0.29) is 40.0 Å². The Morgan fingerprint density at radius 3 is 2.43 bits per heavy atom. The molecule has 0 aromatic heterocycles. The highest BCUT2D eigenvalue weighted by Crippen LogP contribution is 2.45. The van der Waals surface area contributed by atoms with Gasteiger partial charge < -0.3 is 35.4 Å². The number of phenolic OH excluding ortho intramolecular Hbond substituents is 4. The van der Waals surface area contributed by atoms with Gasteiger partial charge in [0, 0.05) is 29.7 Å². The predicted octanol–water partition coefficient (Wildman–Crippen LogP) is 1.77. The minimum absolute atomic E-state index is 0.0102. The molecule has 3 aromatic rings. The van der Waals surface area contributed by atoms with Crippen LogP contribution >= 0.6 is 0 Å². The fourth-order valence-corrected chi connectivity index (χ4v) is 3.51. The summed E-state index contributed by atoms with van der Waals surface area (Å²) in [5.74, 6) is -2.26. The molecule has 2 atom stereocenters. The van der Waals surface area contributed by atoms with Gasteiger partial charge in [-0.1, -0.05) is 12.1 Å². The van der Waals surface area contributed by atoms with E-state index >= 15 is 0 Å². The van der Waals surface area contributed by atoms with E-state index in [0.29, 0.717) is 5.56 Å². The number of hydrogen-bond donors (Lipinski definition) is 6. The van der Waals surface area contributed by atoms with Gasteiger partial charge in [0.05, 0.1) is 11.5 Å². The minimum Gasteiger partial charge on any atom is -0.508 e. The molecule has 1 aliphatic heterocycles.